The fourth-order valence-corrected chi connectivity index (χ4v) is 3.21. The van der Waals surface area contributed by atoms with Gasteiger partial charge in [-0.3, -0.25) is 9.78 Å². The molecule has 1 aromatic heterocycles. The van der Waals surface area contributed by atoms with E-state index in [2.05, 4.69) is 9.97 Å². The first-order chi connectivity index (χ1) is 11.6. The molecule has 24 heavy (non-hydrogen) atoms. The van der Waals surface area contributed by atoms with Gasteiger partial charge < -0.3 is 4.90 Å². The zero-order valence-corrected chi connectivity index (χ0v) is 13.9. The summed E-state index contributed by atoms with van der Waals surface area (Å²) in [6.07, 6.45) is 7.09. The summed E-state index contributed by atoms with van der Waals surface area (Å²) in [5.41, 5.74) is 2.23. The summed E-state index contributed by atoms with van der Waals surface area (Å²) in [6, 6.07) is 6.76. The molecule has 0 N–H and O–H groups in total. The van der Waals surface area contributed by atoms with Crippen LogP contribution in [0.5, 0.6) is 0 Å². The molecular formula is C19H22FN3O. The monoisotopic (exact) mass is 327 g/mol. The first-order valence-corrected chi connectivity index (χ1v) is 8.44. The van der Waals surface area contributed by atoms with E-state index in [9.17, 15) is 9.18 Å². The minimum absolute atomic E-state index is 0.0436. The van der Waals surface area contributed by atoms with Gasteiger partial charge in [0, 0.05) is 19.3 Å². The molecule has 0 bridgehead atoms. The maximum atomic E-state index is 13.3. The summed E-state index contributed by atoms with van der Waals surface area (Å²) in [4.78, 5) is 22.8. The minimum atomic E-state index is -0.189. The van der Waals surface area contributed by atoms with Crippen molar-refractivity contribution in [2.45, 2.75) is 32.6 Å². The number of aryl methyl sites for hydroxylation is 2. The number of nitrogens with zero attached hydrogens (tertiary/aromatic N) is 3. The second kappa shape index (κ2) is 7.51. The summed E-state index contributed by atoms with van der Waals surface area (Å²) in [7, 11) is 0. The molecule has 1 aromatic carbocycles. The van der Waals surface area contributed by atoms with Crippen molar-refractivity contribution in [1.29, 1.82) is 0 Å². The number of amides is 1. The van der Waals surface area contributed by atoms with E-state index in [-0.39, 0.29) is 11.7 Å². The molecule has 0 saturated carbocycles. The Hall–Kier alpha value is -2.30. The van der Waals surface area contributed by atoms with Gasteiger partial charge in [0.25, 0.3) is 5.91 Å². The average Bonchev–Trinajstić information content (AvgIpc) is 2.60. The van der Waals surface area contributed by atoms with E-state index in [0.717, 1.165) is 50.0 Å². The number of piperidine rings is 1. The molecule has 1 fully saturated rings. The molecule has 0 aliphatic carbocycles. The molecular weight excluding hydrogens is 305 g/mol. The Bertz CT molecular complexity index is 702. The predicted octanol–water partition coefficient (Wildman–Crippen LogP) is 3.41. The van der Waals surface area contributed by atoms with Crippen molar-refractivity contribution in [3.8, 4) is 0 Å². The summed E-state index contributed by atoms with van der Waals surface area (Å²) >= 11 is 0. The van der Waals surface area contributed by atoms with Gasteiger partial charge in [-0.15, -0.1) is 0 Å². The largest absolute Gasteiger partial charge is 0.337 e. The molecule has 5 heteroatoms. The standard InChI is InChI=1S/C19H22FN3O/c1-14-11-22-18(12-21-14)19(24)23-9-3-5-16(13-23)8-7-15-4-2-6-17(20)10-15/h2,4,6,10-12,16H,3,5,7-9,13H2,1H3/t16-/m0/s1. The predicted molar refractivity (Wildman–Crippen MR) is 90.1 cm³/mol. The third kappa shape index (κ3) is 4.16. The van der Waals surface area contributed by atoms with Crippen molar-refractivity contribution in [2.24, 2.45) is 5.92 Å². The second-order valence-corrected chi connectivity index (χ2v) is 6.47. The van der Waals surface area contributed by atoms with Crippen LogP contribution in [0, 0.1) is 18.7 Å². The van der Waals surface area contributed by atoms with Crippen molar-refractivity contribution in [2.75, 3.05) is 13.1 Å². The summed E-state index contributed by atoms with van der Waals surface area (Å²) < 4.78 is 13.3. The molecule has 2 aromatic rings. The number of likely N-dealkylation sites (tertiary alicyclic amines) is 1. The number of carbonyl (C=O) groups excluding carboxylic acids is 1. The Morgan fingerprint density at radius 1 is 1.33 bits per heavy atom. The molecule has 0 unspecified atom stereocenters. The lowest BCUT2D eigenvalue weighted by Crippen LogP contribution is -2.40. The van der Waals surface area contributed by atoms with Crippen LogP contribution in [0.3, 0.4) is 0 Å². The molecule has 1 aliphatic rings. The van der Waals surface area contributed by atoms with Crippen molar-refractivity contribution in [1.82, 2.24) is 14.9 Å². The highest BCUT2D eigenvalue weighted by atomic mass is 19.1. The van der Waals surface area contributed by atoms with Gasteiger partial charge in [-0.25, -0.2) is 9.37 Å². The third-order valence-corrected chi connectivity index (χ3v) is 4.54. The van der Waals surface area contributed by atoms with E-state index in [0.29, 0.717) is 11.6 Å². The zero-order valence-electron chi connectivity index (χ0n) is 13.9. The maximum absolute atomic E-state index is 13.3. The highest BCUT2D eigenvalue weighted by Gasteiger charge is 2.25. The van der Waals surface area contributed by atoms with Gasteiger partial charge in [-0.05, 0) is 56.2 Å². The Kier molecular flexibility index (Phi) is 5.18. The first kappa shape index (κ1) is 16.6. The molecule has 1 amide bonds. The Labute approximate surface area is 141 Å². The average molecular weight is 327 g/mol. The van der Waals surface area contributed by atoms with E-state index in [1.807, 2.05) is 17.9 Å². The molecule has 2 heterocycles. The lowest BCUT2D eigenvalue weighted by atomic mass is 9.91. The van der Waals surface area contributed by atoms with Crippen LogP contribution in [0.4, 0.5) is 4.39 Å². The number of halogens is 1. The summed E-state index contributed by atoms with van der Waals surface area (Å²) in [6.45, 7) is 3.36. The minimum Gasteiger partial charge on any atom is -0.337 e. The SMILES string of the molecule is Cc1cnc(C(=O)N2CCC[C@@H](CCc3cccc(F)c3)C2)cn1. The van der Waals surface area contributed by atoms with Gasteiger partial charge in [0.05, 0.1) is 11.9 Å². The molecule has 1 atom stereocenters. The molecule has 1 saturated heterocycles. The number of rotatable bonds is 4. The number of hydrogen-bond acceptors (Lipinski definition) is 3. The van der Waals surface area contributed by atoms with Crippen LogP contribution < -0.4 is 0 Å². The Morgan fingerprint density at radius 3 is 2.96 bits per heavy atom. The fraction of sp³-hybridized carbons (Fsp3) is 0.421. The number of benzene rings is 1. The van der Waals surface area contributed by atoms with Gasteiger partial charge >= 0.3 is 0 Å². The second-order valence-electron chi connectivity index (χ2n) is 6.47. The van der Waals surface area contributed by atoms with Crippen molar-refractivity contribution in [3.63, 3.8) is 0 Å². The third-order valence-electron chi connectivity index (χ3n) is 4.54. The van der Waals surface area contributed by atoms with E-state index in [4.69, 9.17) is 0 Å². The molecule has 0 spiro atoms. The summed E-state index contributed by atoms with van der Waals surface area (Å²) in [5, 5.41) is 0. The van der Waals surface area contributed by atoms with Gasteiger partial charge in [0.15, 0.2) is 0 Å². The van der Waals surface area contributed by atoms with Crippen LogP contribution in [0.25, 0.3) is 0 Å². The Balaban J connectivity index is 1.57. The van der Waals surface area contributed by atoms with Crippen molar-refractivity contribution >= 4 is 5.91 Å². The highest BCUT2D eigenvalue weighted by molar-refractivity contribution is 5.92. The number of carbonyl (C=O) groups is 1. The van der Waals surface area contributed by atoms with Gasteiger partial charge in [0.1, 0.15) is 11.5 Å². The molecule has 1 aliphatic heterocycles. The lowest BCUT2D eigenvalue weighted by Gasteiger charge is -2.32. The molecule has 3 rings (SSSR count). The van der Waals surface area contributed by atoms with Crippen molar-refractivity contribution in [3.05, 3.63) is 59.4 Å². The van der Waals surface area contributed by atoms with Crippen LogP contribution >= 0.6 is 0 Å². The molecule has 4 nitrogen and oxygen atoms in total. The molecule has 126 valence electrons. The zero-order chi connectivity index (χ0) is 16.9. The smallest absolute Gasteiger partial charge is 0.274 e. The van der Waals surface area contributed by atoms with Crippen LogP contribution in [-0.2, 0) is 6.42 Å². The van der Waals surface area contributed by atoms with Crippen molar-refractivity contribution < 1.29 is 9.18 Å². The van der Waals surface area contributed by atoms with E-state index < -0.39 is 0 Å². The van der Waals surface area contributed by atoms with E-state index >= 15 is 0 Å². The topological polar surface area (TPSA) is 46.1 Å². The summed E-state index contributed by atoms with van der Waals surface area (Å²) in [5.74, 6) is 0.216. The normalized spacial score (nSPS) is 17.8. The number of hydrogen-bond donors (Lipinski definition) is 0. The fourth-order valence-electron chi connectivity index (χ4n) is 3.21. The lowest BCUT2D eigenvalue weighted by molar-refractivity contribution is 0.0662. The highest BCUT2D eigenvalue weighted by Crippen LogP contribution is 2.22. The van der Waals surface area contributed by atoms with Crippen LogP contribution in [0.1, 0.15) is 41.0 Å². The Morgan fingerprint density at radius 2 is 2.21 bits per heavy atom. The quantitative estimate of drug-likeness (QED) is 0.864. The molecule has 0 radical (unpaired) electrons. The van der Waals surface area contributed by atoms with Gasteiger partial charge in [-0.1, -0.05) is 12.1 Å². The van der Waals surface area contributed by atoms with Crippen LogP contribution in [0.15, 0.2) is 36.7 Å². The van der Waals surface area contributed by atoms with Gasteiger partial charge in [0.2, 0.25) is 0 Å². The van der Waals surface area contributed by atoms with Crippen LogP contribution in [0.2, 0.25) is 0 Å². The maximum Gasteiger partial charge on any atom is 0.274 e. The first-order valence-electron chi connectivity index (χ1n) is 8.44. The van der Waals surface area contributed by atoms with E-state index in [1.165, 1.54) is 6.07 Å². The number of aromatic nitrogens is 2. The van der Waals surface area contributed by atoms with Gasteiger partial charge in [-0.2, -0.15) is 0 Å². The van der Waals surface area contributed by atoms with Crippen LogP contribution in [-0.4, -0.2) is 33.9 Å². The van der Waals surface area contributed by atoms with E-state index in [1.54, 1.807) is 24.5 Å².